The van der Waals surface area contributed by atoms with Crippen molar-refractivity contribution in [1.29, 1.82) is 0 Å². The van der Waals surface area contributed by atoms with Crippen LogP contribution in [0.15, 0.2) is 46.8 Å². The molecule has 21 heavy (non-hydrogen) atoms. The van der Waals surface area contributed by atoms with Crippen molar-refractivity contribution in [2.75, 3.05) is 0 Å². The summed E-state index contributed by atoms with van der Waals surface area (Å²) in [6, 6.07) is 10.0. The highest BCUT2D eigenvalue weighted by Crippen LogP contribution is 2.30. The van der Waals surface area contributed by atoms with Gasteiger partial charge in [0.25, 0.3) is 5.56 Å². The van der Waals surface area contributed by atoms with Crippen molar-refractivity contribution in [3.8, 4) is 11.1 Å². The number of rotatable bonds is 5. The molecule has 0 atom stereocenters. The van der Waals surface area contributed by atoms with Gasteiger partial charge in [0.2, 0.25) is 0 Å². The van der Waals surface area contributed by atoms with E-state index in [1.54, 1.807) is 10.9 Å². The third-order valence-corrected chi connectivity index (χ3v) is 4.53. The maximum atomic E-state index is 12.7. The molecular weight excluding hydrogens is 280 g/mol. The molecule has 0 unspecified atom stereocenters. The molecule has 3 aromatic rings. The van der Waals surface area contributed by atoms with Crippen molar-refractivity contribution in [2.45, 2.75) is 32.7 Å². The summed E-state index contributed by atoms with van der Waals surface area (Å²) >= 11 is 1.54. The van der Waals surface area contributed by atoms with Crippen molar-refractivity contribution in [3.05, 3.63) is 52.4 Å². The first-order chi connectivity index (χ1) is 10.3. The van der Waals surface area contributed by atoms with Crippen LogP contribution in [0.1, 0.15) is 26.2 Å². The van der Waals surface area contributed by atoms with Crippen LogP contribution in [-0.4, -0.2) is 9.55 Å². The molecule has 0 aliphatic rings. The number of fused-ring (bicyclic) bond motifs is 1. The first-order valence-corrected chi connectivity index (χ1v) is 8.21. The van der Waals surface area contributed by atoms with Crippen molar-refractivity contribution >= 4 is 21.6 Å². The van der Waals surface area contributed by atoms with Gasteiger partial charge in [0.1, 0.15) is 4.83 Å². The molecule has 2 aromatic heterocycles. The first kappa shape index (κ1) is 14.0. The summed E-state index contributed by atoms with van der Waals surface area (Å²) in [5.74, 6) is 0. The molecule has 0 radical (unpaired) electrons. The lowest BCUT2D eigenvalue weighted by Crippen LogP contribution is -2.20. The van der Waals surface area contributed by atoms with Crippen molar-refractivity contribution in [2.24, 2.45) is 0 Å². The zero-order valence-electron chi connectivity index (χ0n) is 12.1. The highest BCUT2D eigenvalue weighted by atomic mass is 32.1. The van der Waals surface area contributed by atoms with Crippen LogP contribution in [0.25, 0.3) is 21.3 Å². The summed E-state index contributed by atoms with van der Waals surface area (Å²) in [6.45, 7) is 2.91. The average molecular weight is 298 g/mol. The molecule has 0 saturated heterocycles. The molecule has 0 N–H and O–H groups in total. The van der Waals surface area contributed by atoms with E-state index in [0.717, 1.165) is 47.2 Å². The lowest BCUT2D eigenvalue weighted by Gasteiger charge is -2.05. The van der Waals surface area contributed by atoms with E-state index in [0.29, 0.717) is 0 Å². The van der Waals surface area contributed by atoms with Crippen molar-refractivity contribution in [3.63, 3.8) is 0 Å². The van der Waals surface area contributed by atoms with Gasteiger partial charge in [-0.15, -0.1) is 11.3 Å². The molecule has 3 nitrogen and oxygen atoms in total. The number of hydrogen-bond acceptors (Lipinski definition) is 3. The molecule has 108 valence electrons. The molecule has 4 heteroatoms. The molecule has 1 aromatic carbocycles. The van der Waals surface area contributed by atoms with Gasteiger partial charge in [-0.2, -0.15) is 0 Å². The molecule has 0 spiro atoms. The van der Waals surface area contributed by atoms with E-state index in [2.05, 4.69) is 11.9 Å². The number of benzene rings is 1. The van der Waals surface area contributed by atoms with Gasteiger partial charge >= 0.3 is 0 Å². The molecule has 0 fully saturated rings. The smallest absolute Gasteiger partial charge is 0.262 e. The Kier molecular flexibility index (Phi) is 4.15. The molecule has 0 amide bonds. The van der Waals surface area contributed by atoms with Crippen LogP contribution in [-0.2, 0) is 6.54 Å². The molecule has 2 heterocycles. The number of aromatic nitrogens is 2. The normalized spacial score (nSPS) is 11.1. The van der Waals surface area contributed by atoms with E-state index in [9.17, 15) is 4.79 Å². The summed E-state index contributed by atoms with van der Waals surface area (Å²) in [6.07, 6.45) is 5.00. The summed E-state index contributed by atoms with van der Waals surface area (Å²) in [5, 5.41) is 2.79. The maximum Gasteiger partial charge on any atom is 0.262 e. The number of unbranched alkanes of at least 4 members (excludes halogenated alkanes) is 2. The van der Waals surface area contributed by atoms with E-state index >= 15 is 0 Å². The van der Waals surface area contributed by atoms with Gasteiger partial charge in [0.15, 0.2) is 0 Å². The van der Waals surface area contributed by atoms with E-state index in [4.69, 9.17) is 0 Å². The Labute approximate surface area is 127 Å². The topological polar surface area (TPSA) is 34.9 Å². The minimum absolute atomic E-state index is 0.0798. The third kappa shape index (κ3) is 2.76. The summed E-state index contributed by atoms with van der Waals surface area (Å²) in [4.78, 5) is 18.0. The third-order valence-electron chi connectivity index (χ3n) is 3.65. The number of hydrogen-bond donors (Lipinski definition) is 0. The Morgan fingerprint density at radius 1 is 1.19 bits per heavy atom. The second kappa shape index (κ2) is 6.22. The second-order valence-corrected chi connectivity index (χ2v) is 6.00. The van der Waals surface area contributed by atoms with Crippen LogP contribution in [0, 0.1) is 0 Å². The van der Waals surface area contributed by atoms with Gasteiger partial charge < -0.3 is 0 Å². The molecule has 3 rings (SSSR count). The predicted octanol–water partition coefficient (Wildman–Crippen LogP) is 4.32. The minimum Gasteiger partial charge on any atom is -0.299 e. The Morgan fingerprint density at radius 2 is 2.00 bits per heavy atom. The number of aryl methyl sites for hydroxylation is 1. The van der Waals surface area contributed by atoms with Gasteiger partial charge in [-0.05, 0) is 12.0 Å². The SMILES string of the molecule is CCCCCn1cnc2scc(-c3ccccc3)c2c1=O. The summed E-state index contributed by atoms with van der Waals surface area (Å²) in [5.41, 5.74) is 2.16. The molecule has 0 aliphatic heterocycles. The number of thiophene rings is 1. The Balaban J connectivity index is 2.07. The summed E-state index contributed by atoms with van der Waals surface area (Å²) in [7, 11) is 0. The Morgan fingerprint density at radius 3 is 2.76 bits per heavy atom. The predicted molar refractivity (Wildman–Crippen MR) is 88.8 cm³/mol. The van der Waals surface area contributed by atoms with E-state index in [-0.39, 0.29) is 5.56 Å². The second-order valence-electron chi connectivity index (χ2n) is 5.15. The average Bonchev–Trinajstić information content (AvgIpc) is 2.95. The van der Waals surface area contributed by atoms with Crippen LogP contribution in [0.2, 0.25) is 0 Å². The van der Waals surface area contributed by atoms with Crippen LogP contribution >= 0.6 is 11.3 Å². The lowest BCUT2D eigenvalue weighted by atomic mass is 10.1. The molecule has 0 saturated carbocycles. The fourth-order valence-electron chi connectivity index (χ4n) is 2.49. The van der Waals surface area contributed by atoms with Gasteiger partial charge in [-0.1, -0.05) is 50.1 Å². The van der Waals surface area contributed by atoms with Gasteiger partial charge in [-0.3, -0.25) is 9.36 Å². The highest BCUT2D eigenvalue weighted by Gasteiger charge is 2.12. The number of nitrogens with zero attached hydrogens (tertiary/aromatic N) is 2. The Bertz CT molecular complexity index is 789. The van der Waals surface area contributed by atoms with Crippen LogP contribution < -0.4 is 5.56 Å². The van der Waals surface area contributed by atoms with Crippen LogP contribution in [0.4, 0.5) is 0 Å². The fourth-order valence-corrected chi connectivity index (χ4v) is 3.40. The lowest BCUT2D eigenvalue weighted by molar-refractivity contribution is 0.584. The van der Waals surface area contributed by atoms with Crippen molar-refractivity contribution in [1.82, 2.24) is 9.55 Å². The van der Waals surface area contributed by atoms with Crippen molar-refractivity contribution < 1.29 is 0 Å². The highest BCUT2D eigenvalue weighted by molar-refractivity contribution is 7.17. The van der Waals surface area contributed by atoms with Gasteiger partial charge in [0, 0.05) is 17.5 Å². The Hall–Kier alpha value is -1.94. The molecular formula is C17H18N2OS. The summed E-state index contributed by atoms with van der Waals surface area (Å²) < 4.78 is 1.75. The standard InChI is InChI=1S/C17H18N2OS/c1-2-3-7-10-19-12-18-16-15(17(19)20)14(11-21-16)13-8-5-4-6-9-13/h4-6,8-9,11-12H,2-3,7,10H2,1H3. The molecule has 0 aliphatic carbocycles. The monoisotopic (exact) mass is 298 g/mol. The first-order valence-electron chi connectivity index (χ1n) is 7.33. The maximum absolute atomic E-state index is 12.7. The minimum atomic E-state index is 0.0798. The van der Waals surface area contributed by atoms with Crippen LogP contribution in [0.5, 0.6) is 0 Å². The zero-order chi connectivity index (χ0) is 14.7. The van der Waals surface area contributed by atoms with Gasteiger partial charge in [0.05, 0.1) is 11.7 Å². The zero-order valence-corrected chi connectivity index (χ0v) is 12.9. The van der Waals surface area contributed by atoms with E-state index in [1.807, 2.05) is 35.7 Å². The van der Waals surface area contributed by atoms with Crippen LogP contribution in [0.3, 0.4) is 0 Å². The van der Waals surface area contributed by atoms with E-state index in [1.165, 1.54) is 11.3 Å². The molecule has 0 bridgehead atoms. The quantitative estimate of drug-likeness (QED) is 0.658. The largest absolute Gasteiger partial charge is 0.299 e. The van der Waals surface area contributed by atoms with E-state index < -0.39 is 0 Å². The fraction of sp³-hybridized carbons (Fsp3) is 0.294. The van der Waals surface area contributed by atoms with Gasteiger partial charge in [-0.25, -0.2) is 4.98 Å².